The molecule has 4 nitrogen and oxygen atoms in total. The van der Waals surface area contributed by atoms with Crippen LogP contribution in [-0.2, 0) is 16.1 Å². The second kappa shape index (κ2) is 8.46. The molecule has 0 saturated heterocycles. The van der Waals surface area contributed by atoms with Crippen molar-refractivity contribution in [2.24, 2.45) is 12.0 Å². The van der Waals surface area contributed by atoms with Crippen LogP contribution < -0.4 is 4.80 Å². The third-order valence-electron chi connectivity index (χ3n) is 3.48. The van der Waals surface area contributed by atoms with Gasteiger partial charge in [0.1, 0.15) is 4.90 Å². The average Bonchev–Trinajstić information content (AvgIpc) is 2.90. The first-order valence-corrected chi connectivity index (χ1v) is 10.9. The first-order chi connectivity index (χ1) is 11.8. The summed E-state index contributed by atoms with van der Waals surface area (Å²) >= 11 is 13.5. The highest BCUT2D eigenvalue weighted by atomic mass is 79.9. The van der Waals surface area contributed by atoms with Crippen molar-refractivity contribution in [2.45, 2.75) is 4.90 Å². The summed E-state index contributed by atoms with van der Waals surface area (Å²) in [6, 6.07) is 12.0. The maximum absolute atomic E-state index is 11.6. The lowest BCUT2D eigenvalue weighted by molar-refractivity contribution is 0.609. The van der Waals surface area contributed by atoms with Crippen molar-refractivity contribution in [3.8, 4) is 11.3 Å². The largest absolute Gasteiger partial charge is 0.320 e. The number of rotatable bonds is 3. The molecular weight excluding hydrogens is 503 g/mol. The number of para-hydroxylation sites is 1. The van der Waals surface area contributed by atoms with E-state index in [9.17, 15) is 8.42 Å². The first-order valence-electron chi connectivity index (χ1n) is 6.96. The molecule has 0 saturated carbocycles. The van der Waals surface area contributed by atoms with Crippen LogP contribution in [-0.4, -0.2) is 13.0 Å². The third-order valence-corrected chi connectivity index (χ3v) is 6.52. The fourth-order valence-electron chi connectivity index (χ4n) is 2.23. The van der Waals surface area contributed by atoms with Crippen LogP contribution in [0.25, 0.3) is 11.3 Å². The molecule has 0 aliphatic rings. The van der Waals surface area contributed by atoms with E-state index in [1.54, 1.807) is 12.1 Å². The van der Waals surface area contributed by atoms with E-state index in [1.807, 2.05) is 35.2 Å². The monoisotopic (exact) mass is 512 g/mol. The van der Waals surface area contributed by atoms with Crippen LogP contribution in [0.2, 0.25) is 10.0 Å². The highest BCUT2D eigenvalue weighted by Crippen LogP contribution is 2.30. The molecule has 0 unspecified atom stereocenters. The zero-order valence-corrected chi connectivity index (χ0v) is 18.8. The summed E-state index contributed by atoms with van der Waals surface area (Å²) in [4.78, 5) is 5.15. The van der Waals surface area contributed by atoms with E-state index in [-0.39, 0.29) is 26.9 Å². The highest BCUT2D eigenvalue weighted by Gasteiger charge is 2.17. The van der Waals surface area contributed by atoms with Crippen LogP contribution in [0.5, 0.6) is 0 Å². The molecular formula is C16H12BrCl3N2O2S2. The summed E-state index contributed by atoms with van der Waals surface area (Å²) in [5, 5.41) is 2.51. The third kappa shape index (κ3) is 4.52. The lowest BCUT2D eigenvalue weighted by atomic mass is 10.2. The summed E-state index contributed by atoms with van der Waals surface area (Å²) in [5.74, 6) is 0. The SMILES string of the molecule is Br.Cn1c(-c2ccc(Cl)c(S(=O)(=O)Cl)c2)csc1=Nc1ccccc1Cl. The quantitative estimate of drug-likeness (QED) is 0.415. The standard InChI is InChI=1S/C16H11Cl3N2O2S2.BrH/c1-21-14(10-6-7-12(18)15(8-10)25(19,22)23)9-24-16(21)20-13-5-3-2-4-11(13)17;/h2-9H,1H3;1H. The molecule has 1 heterocycles. The molecule has 0 amide bonds. The van der Waals surface area contributed by atoms with Crippen LogP contribution in [0.3, 0.4) is 0 Å². The van der Waals surface area contributed by atoms with Crippen molar-refractivity contribution >= 4 is 76.9 Å². The summed E-state index contributed by atoms with van der Waals surface area (Å²) in [5.41, 5.74) is 2.12. The molecule has 2 aromatic carbocycles. The van der Waals surface area contributed by atoms with Crippen molar-refractivity contribution in [2.75, 3.05) is 0 Å². The summed E-state index contributed by atoms with van der Waals surface area (Å²) in [7, 11) is 3.35. The van der Waals surface area contributed by atoms with Gasteiger partial charge in [-0.2, -0.15) is 0 Å². The number of aromatic nitrogens is 1. The fourth-order valence-corrected chi connectivity index (χ4v) is 4.82. The molecule has 0 spiro atoms. The Morgan fingerprint density at radius 2 is 1.77 bits per heavy atom. The Morgan fingerprint density at radius 1 is 1.08 bits per heavy atom. The van der Waals surface area contributed by atoms with E-state index in [2.05, 4.69) is 4.99 Å². The second-order valence-electron chi connectivity index (χ2n) is 5.11. The normalized spacial score (nSPS) is 12.1. The fraction of sp³-hybridized carbons (Fsp3) is 0.0625. The van der Waals surface area contributed by atoms with Crippen molar-refractivity contribution in [3.05, 3.63) is 62.7 Å². The Hall–Kier alpha value is -0.830. The second-order valence-corrected chi connectivity index (χ2v) is 9.29. The Morgan fingerprint density at radius 3 is 2.42 bits per heavy atom. The van der Waals surface area contributed by atoms with E-state index in [0.717, 1.165) is 5.69 Å². The number of halogens is 4. The molecule has 0 aliphatic carbocycles. The molecule has 26 heavy (non-hydrogen) atoms. The van der Waals surface area contributed by atoms with E-state index in [4.69, 9.17) is 33.9 Å². The van der Waals surface area contributed by atoms with Gasteiger partial charge < -0.3 is 4.57 Å². The van der Waals surface area contributed by atoms with Gasteiger partial charge in [0.05, 0.1) is 21.4 Å². The molecule has 1 aromatic heterocycles. The van der Waals surface area contributed by atoms with Gasteiger partial charge in [0.15, 0.2) is 4.80 Å². The lowest BCUT2D eigenvalue weighted by Crippen LogP contribution is -2.11. The Kier molecular flexibility index (Phi) is 6.98. The van der Waals surface area contributed by atoms with E-state index < -0.39 is 9.05 Å². The van der Waals surface area contributed by atoms with Gasteiger partial charge in [-0.15, -0.1) is 28.3 Å². The molecule has 3 aromatic rings. The summed E-state index contributed by atoms with van der Waals surface area (Å²) in [6.45, 7) is 0. The smallest absolute Gasteiger partial charge is 0.262 e. The highest BCUT2D eigenvalue weighted by molar-refractivity contribution is 8.93. The number of thiazole rings is 1. The van der Waals surface area contributed by atoms with Crippen LogP contribution in [0.15, 0.2) is 57.7 Å². The number of hydrogen-bond donors (Lipinski definition) is 0. The van der Waals surface area contributed by atoms with E-state index >= 15 is 0 Å². The molecule has 3 rings (SSSR count). The molecule has 0 aliphatic heterocycles. The minimum atomic E-state index is -3.93. The molecule has 10 heteroatoms. The summed E-state index contributed by atoms with van der Waals surface area (Å²) < 4.78 is 25.1. The maximum Gasteiger partial charge on any atom is 0.262 e. The average molecular weight is 515 g/mol. The minimum absolute atomic E-state index is 0. The van der Waals surface area contributed by atoms with Gasteiger partial charge >= 0.3 is 0 Å². The van der Waals surface area contributed by atoms with Gasteiger partial charge in [0.25, 0.3) is 9.05 Å². The van der Waals surface area contributed by atoms with Gasteiger partial charge in [0, 0.05) is 28.7 Å². The zero-order chi connectivity index (χ0) is 18.2. The van der Waals surface area contributed by atoms with Gasteiger partial charge in [-0.3, -0.25) is 0 Å². The number of nitrogens with zero attached hydrogens (tertiary/aromatic N) is 2. The van der Waals surface area contributed by atoms with Gasteiger partial charge in [-0.05, 0) is 24.3 Å². The first kappa shape index (κ1) is 21.5. The Labute approximate surface area is 179 Å². The zero-order valence-electron chi connectivity index (χ0n) is 13.2. The maximum atomic E-state index is 11.6. The molecule has 0 atom stereocenters. The Bertz CT molecular complexity index is 1120. The molecule has 0 fully saturated rings. The van der Waals surface area contributed by atoms with Crippen molar-refractivity contribution in [1.82, 2.24) is 4.57 Å². The molecule has 138 valence electrons. The van der Waals surface area contributed by atoms with Crippen molar-refractivity contribution in [3.63, 3.8) is 0 Å². The lowest BCUT2D eigenvalue weighted by Gasteiger charge is -2.06. The minimum Gasteiger partial charge on any atom is -0.320 e. The van der Waals surface area contributed by atoms with Crippen LogP contribution in [0.1, 0.15) is 0 Å². The van der Waals surface area contributed by atoms with Crippen LogP contribution >= 0.6 is 62.2 Å². The predicted molar refractivity (Wildman–Crippen MR) is 114 cm³/mol. The van der Waals surface area contributed by atoms with Crippen LogP contribution in [0, 0.1) is 0 Å². The van der Waals surface area contributed by atoms with Gasteiger partial charge in [-0.25, -0.2) is 13.4 Å². The van der Waals surface area contributed by atoms with Crippen molar-refractivity contribution in [1.29, 1.82) is 0 Å². The topological polar surface area (TPSA) is 51.4 Å². The van der Waals surface area contributed by atoms with Gasteiger partial charge in [-0.1, -0.05) is 41.4 Å². The number of hydrogen-bond acceptors (Lipinski definition) is 4. The van der Waals surface area contributed by atoms with E-state index in [0.29, 0.717) is 21.1 Å². The van der Waals surface area contributed by atoms with Crippen molar-refractivity contribution < 1.29 is 8.42 Å². The molecule has 0 bridgehead atoms. The molecule has 0 N–H and O–H groups in total. The predicted octanol–water partition coefficient (Wildman–Crippen LogP) is 5.80. The molecule has 0 radical (unpaired) electrons. The van der Waals surface area contributed by atoms with Crippen LogP contribution in [0.4, 0.5) is 5.69 Å². The van der Waals surface area contributed by atoms with Gasteiger partial charge in [0.2, 0.25) is 0 Å². The summed E-state index contributed by atoms with van der Waals surface area (Å²) in [6.07, 6.45) is 0. The van der Waals surface area contributed by atoms with E-state index in [1.165, 1.54) is 23.5 Å². The number of benzene rings is 2. The Balaban J connectivity index is 0.00000243.